The van der Waals surface area contributed by atoms with Gasteiger partial charge < -0.3 is 25.0 Å². The van der Waals surface area contributed by atoms with Crippen molar-refractivity contribution in [3.05, 3.63) is 34.3 Å². The molecule has 2 N–H and O–H groups in total. The number of aryl methyl sites for hydroxylation is 1. The van der Waals surface area contributed by atoms with Crippen molar-refractivity contribution >= 4 is 47.0 Å². The van der Waals surface area contributed by atoms with Crippen molar-refractivity contribution in [3.8, 4) is 11.5 Å². The van der Waals surface area contributed by atoms with E-state index in [0.717, 1.165) is 72.9 Å². The molecule has 1 aromatic carbocycles. The van der Waals surface area contributed by atoms with Crippen molar-refractivity contribution < 1.29 is 9.47 Å². The zero-order chi connectivity index (χ0) is 20.6. The van der Waals surface area contributed by atoms with Crippen LogP contribution < -0.4 is 25.0 Å². The predicted octanol–water partition coefficient (Wildman–Crippen LogP) is 3.46. The number of methoxy groups -OCH3 is 2. The van der Waals surface area contributed by atoms with Crippen molar-refractivity contribution in [2.45, 2.75) is 32.7 Å². The number of hydrogen-bond donors (Lipinski definition) is 2. The maximum absolute atomic E-state index is 5.41. The summed E-state index contributed by atoms with van der Waals surface area (Å²) in [5.74, 6) is 2.49. The van der Waals surface area contributed by atoms with Gasteiger partial charge in [-0.25, -0.2) is 4.98 Å². The molecule has 1 atom stereocenters. The van der Waals surface area contributed by atoms with Crippen LogP contribution in [0.2, 0.25) is 0 Å². The van der Waals surface area contributed by atoms with Crippen molar-refractivity contribution in [1.82, 2.24) is 15.6 Å². The molecule has 0 radical (unpaired) electrons. The average molecular weight is 545 g/mol. The molecular formula is C21H32IN5O2S. The molecule has 0 aliphatic carbocycles. The molecule has 0 amide bonds. The van der Waals surface area contributed by atoms with Gasteiger partial charge in [-0.3, -0.25) is 4.99 Å². The molecule has 30 heavy (non-hydrogen) atoms. The first-order chi connectivity index (χ1) is 14.1. The SMILES string of the molecule is CCNC(=NCCc1csc(C)n1)NC1CCN(c2cc(OC)cc(OC)c2)C1.I. The molecule has 1 aliphatic rings. The van der Waals surface area contributed by atoms with Gasteiger partial charge in [-0.1, -0.05) is 0 Å². The van der Waals surface area contributed by atoms with Crippen LogP contribution in [0.15, 0.2) is 28.6 Å². The molecule has 0 spiro atoms. The van der Waals surface area contributed by atoms with E-state index in [0.29, 0.717) is 6.04 Å². The molecule has 9 heteroatoms. The number of aliphatic imine (C=N–C) groups is 1. The molecular weight excluding hydrogens is 513 g/mol. The number of ether oxygens (including phenoxy) is 2. The first kappa shape index (κ1) is 24.5. The molecule has 166 valence electrons. The second kappa shape index (κ2) is 12.2. The molecule has 2 aromatic rings. The van der Waals surface area contributed by atoms with E-state index in [2.05, 4.69) is 45.0 Å². The largest absolute Gasteiger partial charge is 0.497 e. The lowest BCUT2D eigenvalue weighted by atomic mass is 10.2. The van der Waals surface area contributed by atoms with E-state index in [1.807, 2.05) is 13.0 Å². The van der Waals surface area contributed by atoms with E-state index < -0.39 is 0 Å². The van der Waals surface area contributed by atoms with E-state index in [1.54, 1.807) is 25.6 Å². The first-order valence-corrected chi connectivity index (χ1v) is 10.9. The van der Waals surface area contributed by atoms with Crippen LogP contribution in [-0.2, 0) is 6.42 Å². The molecule has 1 aromatic heterocycles. The van der Waals surface area contributed by atoms with Gasteiger partial charge in [0.15, 0.2) is 5.96 Å². The summed E-state index contributed by atoms with van der Waals surface area (Å²) in [5, 5.41) is 10.2. The Morgan fingerprint density at radius 2 is 2.00 bits per heavy atom. The van der Waals surface area contributed by atoms with Crippen molar-refractivity contribution in [2.24, 2.45) is 4.99 Å². The van der Waals surface area contributed by atoms with Gasteiger partial charge in [0.25, 0.3) is 0 Å². The van der Waals surface area contributed by atoms with Crippen LogP contribution in [0.5, 0.6) is 11.5 Å². The van der Waals surface area contributed by atoms with Gasteiger partial charge >= 0.3 is 0 Å². The van der Waals surface area contributed by atoms with Gasteiger partial charge in [-0.15, -0.1) is 35.3 Å². The monoisotopic (exact) mass is 545 g/mol. The third-order valence-corrected chi connectivity index (χ3v) is 5.70. The van der Waals surface area contributed by atoms with E-state index in [-0.39, 0.29) is 24.0 Å². The number of nitrogens with one attached hydrogen (secondary N) is 2. The summed E-state index contributed by atoms with van der Waals surface area (Å²) < 4.78 is 10.8. The van der Waals surface area contributed by atoms with Crippen molar-refractivity contribution in [3.63, 3.8) is 0 Å². The van der Waals surface area contributed by atoms with Gasteiger partial charge in [-0.2, -0.15) is 0 Å². The van der Waals surface area contributed by atoms with Crippen LogP contribution in [0.3, 0.4) is 0 Å². The van der Waals surface area contributed by atoms with Crippen LogP contribution >= 0.6 is 35.3 Å². The number of rotatable bonds is 8. The molecule has 7 nitrogen and oxygen atoms in total. The van der Waals surface area contributed by atoms with E-state index in [1.165, 1.54) is 0 Å². The fourth-order valence-corrected chi connectivity index (χ4v) is 4.05. The minimum atomic E-state index is 0. The fraction of sp³-hybridized carbons (Fsp3) is 0.524. The summed E-state index contributed by atoms with van der Waals surface area (Å²) in [4.78, 5) is 11.6. The van der Waals surface area contributed by atoms with Gasteiger partial charge in [0.1, 0.15) is 11.5 Å². The summed E-state index contributed by atoms with van der Waals surface area (Å²) in [6.07, 6.45) is 1.91. The van der Waals surface area contributed by atoms with Crippen LogP contribution in [-0.4, -0.2) is 57.4 Å². The van der Waals surface area contributed by atoms with Crippen LogP contribution in [0.25, 0.3) is 0 Å². The maximum Gasteiger partial charge on any atom is 0.191 e. The van der Waals surface area contributed by atoms with E-state index in [9.17, 15) is 0 Å². The number of anilines is 1. The molecule has 1 fully saturated rings. The molecule has 3 rings (SSSR count). The van der Waals surface area contributed by atoms with E-state index in [4.69, 9.17) is 14.5 Å². The number of thiazole rings is 1. The summed E-state index contributed by atoms with van der Waals surface area (Å²) in [6.45, 7) is 7.57. The van der Waals surface area contributed by atoms with Gasteiger partial charge in [-0.05, 0) is 20.3 Å². The molecule has 1 saturated heterocycles. The molecule has 1 unspecified atom stereocenters. The Morgan fingerprint density at radius 3 is 2.60 bits per heavy atom. The minimum Gasteiger partial charge on any atom is -0.497 e. The number of nitrogens with zero attached hydrogens (tertiary/aromatic N) is 3. The second-order valence-electron chi connectivity index (χ2n) is 7.02. The van der Waals surface area contributed by atoms with Crippen LogP contribution in [0, 0.1) is 6.92 Å². The van der Waals surface area contributed by atoms with Crippen LogP contribution in [0.4, 0.5) is 5.69 Å². The number of aromatic nitrogens is 1. The van der Waals surface area contributed by atoms with Crippen molar-refractivity contribution in [1.29, 1.82) is 0 Å². The van der Waals surface area contributed by atoms with Gasteiger partial charge in [0.2, 0.25) is 0 Å². The highest BCUT2D eigenvalue weighted by Gasteiger charge is 2.24. The summed E-state index contributed by atoms with van der Waals surface area (Å²) in [6, 6.07) is 6.35. The molecule has 1 aliphatic heterocycles. The van der Waals surface area contributed by atoms with Gasteiger partial charge in [0.05, 0.1) is 24.9 Å². The number of benzene rings is 1. The fourth-order valence-electron chi connectivity index (χ4n) is 3.41. The zero-order valence-electron chi connectivity index (χ0n) is 18.1. The standard InChI is InChI=1S/C21H31N5O2S.HI/c1-5-22-21(23-8-6-17-14-29-15(2)24-17)25-16-7-9-26(13-16)18-10-19(27-3)12-20(11-18)28-4;/h10-12,14,16H,5-9,13H2,1-4H3,(H2,22,23,25);1H. The lowest BCUT2D eigenvalue weighted by Gasteiger charge is -2.21. The molecule has 0 saturated carbocycles. The molecule has 2 heterocycles. The summed E-state index contributed by atoms with van der Waals surface area (Å²) >= 11 is 1.69. The van der Waals surface area contributed by atoms with Gasteiger partial charge in [0, 0.05) is 67.9 Å². The minimum absolute atomic E-state index is 0. The van der Waals surface area contributed by atoms with Crippen LogP contribution in [0.1, 0.15) is 24.0 Å². The Hall–Kier alpha value is -1.75. The number of halogens is 1. The Morgan fingerprint density at radius 1 is 1.27 bits per heavy atom. The smallest absolute Gasteiger partial charge is 0.191 e. The third kappa shape index (κ3) is 6.90. The Balaban J connectivity index is 0.00000320. The van der Waals surface area contributed by atoms with Crippen molar-refractivity contribution in [2.75, 3.05) is 45.3 Å². The Bertz CT molecular complexity index is 807. The predicted molar refractivity (Wildman–Crippen MR) is 135 cm³/mol. The Labute approximate surface area is 200 Å². The highest BCUT2D eigenvalue weighted by atomic mass is 127. The first-order valence-electron chi connectivity index (χ1n) is 10.0. The topological polar surface area (TPSA) is 71.0 Å². The number of hydrogen-bond acceptors (Lipinski definition) is 6. The quantitative estimate of drug-likeness (QED) is 0.301. The lowest BCUT2D eigenvalue weighted by Crippen LogP contribution is -2.44. The maximum atomic E-state index is 5.41. The Kier molecular flexibility index (Phi) is 9.96. The highest BCUT2D eigenvalue weighted by molar-refractivity contribution is 14.0. The second-order valence-corrected chi connectivity index (χ2v) is 8.08. The highest BCUT2D eigenvalue weighted by Crippen LogP contribution is 2.30. The summed E-state index contributed by atoms with van der Waals surface area (Å²) in [7, 11) is 3.36. The van der Waals surface area contributed by atoms with E-state index >= 15 is 0 Å². The lowest BCUT2D eigenvalue weighted by molar-refractivity contribution is 0.394. The zero-order valence-corrected chi connectivity index (χ0v) is 21.3. The average Bonchev–Trinajstić information content (AvgIpc) is 3.36. The summed E-state index contributed by atoms with van der Waals surface area (Å²) in [5.41, 5.74) is 2.23. The third-order valence-electron chi connectivity index (χ3n) is 4.88. The number of guanidine groups is 1. The molecule has 0 bridgehead atoms. The normalized spacial score (nSPS) is 16.2.